The molecule has 1 atom stereocenters. The van der Waals surface area contributed by atoms with Crippen molar-refractivity contribution in [2.75, 3.05) is 7.11 Å². The molecule has 1 unspecified atom stereocenters. The summed E-state index contributed by atoms with van der Waals surface area (Å²) in [6.45, 7) is 2.05. The first-order valence-electron chi connectivity index (χ1n) is 8.16. The first-order valence-corrected chi connectivity index (χ1v) is 8.16. The van der Waals surface area contributed by atoms with Gasteiger partial charge in [-0.3, -0.25) is 0 Å². The van der Waals surface area contributed by atoms with E-state index in [2.05, 4.69) is 52.1 Å². The van der Waals surface area contributed by atoms with Gasteiger partial charge in [0.05, 0.1) is 7.11 Å². The zero-order chi connectivity index (χ0) is 16.5. The topological polar surface area (TPSA) is 65.2 Å². The summed E-state index contributed by atoms with van der Waals surface area (Å²) in [5, 5.41) is 3.85. The monoisotopic (exact) mass is 316 g/mol. The third kappa shape index (κ3) is 5.51. The van der Waals surface area contributed by atoms with Crippen molar-refractivity contribution < 1.29 is 14.1 Å². The van der Waals surface area contributed by atoms with Crippen LogP contribution in [0, 0.1) is 0 Å². The van der Waals surface area contributed by atoms with Gasteiger partial charge in [0.2, 0.25) is 0 Å². The van der Waals surface area contributed by atoms with Crippen LogP contribution in [-0.4, -0.2) is 23.2 Å². The minimum Gasteiger partial charge on any atom is -0.462 e. The first-order chi connectivity index (χ1) is 11.2. The molecule has 1 aromatic carbocycles. The second-order valence-electron chi connectivity index (χ2n) is 5.79. The lowest BCUT2D eigenvalue weighted by Gasteiger charge is -2.06. The molecule has 5 nitrogen and oxygen atoms in total. The maximum Gasteiger partial charge on any atom is 0.397 e. The molecule has 0 N–H and O–H groups in total. The van der Waals surface area contributed by atoms with Crippen molar-refractivity contribution in [1.82, 2.24) is 10.1 Å². The summed E-state index contributed by atoms with van der Waals surface area (Å²) in [5.74, 6) is 0.107. The predicted molar refractivity (Wildman–Crippen MR) is 87.3 cm³/mol. The van der Waals surface area contributed by atoms with Gasteiger partial charge in [-0.1, -0.05) is 61.7 Å². The number of nitrogens with zero attached hydrogens (tertiary/aromatic N) is 2. The van der Waals surface area contributed by atoms with Crippen LogP contribution < -0.4 is 0 Å². The molecule has 0 spiro atoms. The molecule has 124 valence electrons. The smallest absolute Gasteiger partial charge is 0.397 e. The number of rotatable bonds is 9. The highest BCUT2D eigenvalue weighted by molar-refractivity contribution is 5.83. The van der Waals surface area contributed by atoms with Crippen molar-refractivity contribution in [1.29, 1.82) is 0 Å². The van der Waals surface area contributed by atoms with Gasteiger partial charge in [0.1, 0.15) is 0 Å². The van der Waals surface area contributed by atoms with E-state index in [9.17, 15) is 4.79 Å². The van der Waals surface area contributed by atoms with E-state index >= 15 is 0 Å². The highest BCUT2D eigenvalue weighted by Gasteiger charge is 2.18. The number of hydrogen-bond acceptors (Lipinski definition) is 5. The number of aromatic nitrogens is 2. The van der Waals surface area contributed by atoms with Gasteiger partial charge in [0.25, 0.3) is 0 Å². The van der Waals surface area contributed by atoms with Crippen LogP contribution >= 0.6 is 0 Å². The number of aryl methyl sites for hydroxylation is 1. The van der Waals surface area contributed by atoms with E-state index in [-0.39, 0.29) is 11.8 Å². The van der Waals surface area contributed by atoms with Gasteiger partial charge in [-0.15, -0.1) is 0 Å². The van der Waals surface area contributed by atoms with Crippen molar-refractivity contribution in [3.63, 3.8) is 0 Å². The molecule has 0 saturated heterocycles. The number of benzene rings is 1. The fourth-order valence-electron chi connectivity index (χ4n) is 2.51. The molecule has 0 fully saturated rings. The lowest BCUT2D eigenvalue weighted by molar-refractivity contribution is 0.0545. The summed E-state index contributed by atoms with van der Waals surface area (Å²) < 4.78 is 9.45. The molecule has 0 aliphatic rings. The maximum atomic E-state index is 11.3. The second kappa shape index (κ2) is 9.08. The summed E-state index contributed by atoms with van der Waals surface area (Å²) in [4.78, 5) is 15.4. The highest BCUT2D eigenvalue weighted by Crippen LogP contribution is 2.20. The van der Waals surface area contributed by atoms with Crippen LogP contribution in [0.25, 0.3) is 0 Å². The lowest BCUT2D eigenvalue weighted by atomic mass is 10.0. The van der Waals surface area contributed by atoms with E-state index in [1.807, 2.05) is 0 Å². The van der Waals surface area contributed by atoms with Crippen molar-refractivity contribution in [3.05, 3.63) is 47.6 Å². The average Bonchev–Trinajstić information content (AvgIpc) is 3.08. The Morgan fingerprint density at radius 1 is 1.17 bits per heavy atom. The largest absolute Gasteiger partial charge is 0.462 e. The molecular formula is C18H24N2O3. The minimum atomic E-state index is -0.586. The van der Waals surface area contributed by atoms with Crippen LogP contribution in [0.3, 0.4) is 0 Å². The minimum absolute atomic E-state index is 0.0720. The Labute approximate surface area is 137 Å². The molecule has 0 aliphatic heterocycles. The van der Waals surface area contributed by atoms with E-state index in [4.69, 9.17) is 4.52 Å². The molecule has 2 aromatic rings. The van der Waals surface area contributed by atoms with Crippen LogP contribution in [-0.2, 0) is 11.2 Å². The molecule has 0 amide bonds. The van der Waals surface area contributed by atoms with E-state index in [0.29, 0.717) is 5.82 Å². The zero-order valence-corrected chi connectivity index (χ0v) is 13.8. The number of carbonyl (C=O) groups is 1. The molecule has 5 heteroatoms. The standard InChI is InChI=1S/C18H24N2O3/c1-14(16-19-17(23-20-16)18(21)22-2)10-6-3-4-7-11-15-12-8-5-9-13-15/h5,8-9,12-14H,3-4,6-7,10-11H2,1-2H3. The summed E-state index contributed by atoms with van der Waals surface area (Å²) in [6, 6.07) is 10.6. The number of hydrogen-bond donors (Lipinski definition) is 0. The Hall–Kier alpha value is -2.17. The SMILES string of the molecule is COC(=O)c1nc(C(C)CCCCCCc2ccccc2)no1. The molecule has 23 heavy (non-hydrogen) atoms. The summed E-state index contributed by atoms with van der Waals surface area (Å²) >= 11 is 0. The third-order valence-corrected chi connectivity index (χ3v) is 3.94. The number of ether oxygens (including phenoxy) is 1. The number of unbranched alkanes of at least 4 members (excludes halogenated alkanes) is 3. The molecule has 0 bridgehead atoms. The zero-order valence-electron chi connectivity index (χ0n) is 13.8. The van der Waals surface area contributed by atoms with Gasteiger partial charge >= 0.3 is 11.9 Å². The summed E-state index contributed by atoms with van der Waals surface area (Å²) in [5.41, 5.74) is 1.41. The number of methoxy groups -OCH3 is 1. The van der Waals surface area contributed by atoms with Crippen molar-refractivity contribution in [2.45, 2.75) is 51.4 Å². The van der Waals surface area contributed by atoms with Crippen LogP contribution in [0.1, 0.15) is 67.0 Å². The Bertz CT molecular complexity index is 595. The maximum absolute atomic E-state index is 11.3. The quantitative estimate of drug-likeness (QED) is 0.513. The van der Waals surface area contributed by atoms with E-state index < -0.39 is 5.97 Å². The first kappa shape index (κ1) is 17.2. The number of esters is 1. The fraction of sp³-hybridized carbons (Fsp3) is 0.500. The molecule has 2 rings (SSSR count). The van der Waals surface area contributed by atoms with Gasteiger partial charge in [0.15, 0.2) is 5.82 Å². The fourth-order valence-corrected chi connectivity index (χ4v) is 2.51. The van der Waals surface area contributed by atoms with Gasteiger partial charge in [-0.2, -0.15) is 4.98 Å². The van der Waals surface area contributed by atoms with Crippen LogP contribution in [0.15, 0.2) is 34.9 Å². The van der Waals surface area contributed by atoms with E-state index in [1.165, 1.54) is 31.9 Å². The predicted octanol–water partition coefficient (Wildman–Crippen LogP) is 4.15. The summed E-state index contributed by atoms with van der Waals surface area (Å²) in [7, 11) is 1.30. The van der Waals surface area contributed by atoms with E-state index in [0.717, 1.165) is 19.3 Å². The lowest BCUT2D eigenvalue weighted by Crippen LogP contribution is -2.02. The molecular weight excluding hydrogens is 292 g/mol. The van der Waals surface area contributed by atoms with Crippen LogP contribution in [0.5, 0.6) is 0 Å². The molecule has 1 aromatic heterocycles. The van der Waals surface area contributed by atoms with Gasteiger partial charge in [-0.05, 0) is 24.8 Å². The van der Waals surface area contributed by atoms with E-state index in [1.54, 1.807) is 0 Å². The number of carbonyl (C=O) groups excluding carboxylic acids is 1. The van der Waals surface area contributed by atoms with Gasteiger partial charge < -0.3 is 9.26 Å². The Morgan fingerprint density at radius 2 is 1.91 bits per heavy atom. The molecule has 0 saturated carbocycles. The van der Waals surface area contributed by atoms with Crippen LogP contribution in [0.4, 0.5) is 0 Å². The van der Waals surface area contributed by atoms with Gasteiger partial charge in [0, 0.05) is 5.92 Å². The molecule has 0 aliphatic carbocycles. The normalized spacial score (nSPS) is 12.1. The van der Waals surface area contributed by atoms with Crippen LogP contribution in [0.2, 0.25) is 0 Å². The van der Waals surface area contributed by atoms with Crippen molar-refractivity contribution in [3.8, 4) is 0 Å². The third-order valence-electron chi connectivity index (χ3n) is 3.94. The summed E-state index contributed by atoms with van der Waals surface area (Å²) in [6.07, 6.45) is 6.89. The highest BCUT2D eigenvalue weighted by atomic mass is 16.6. The second-order valence-corrected chi connectivity index (χ2v) is 5.79. The molecule has 1 heterocycles. The van der Waals surface area contributed by atoms with Crippen molar-refractivity contribution >= 4 is 5.97 Å². The van der Waals surface area contributed by atoms with Crippen molar-refractivity contribution in [2.24, 2.45) is 0 Å². The Kier molecular flexibility index (Phi) is 6.78. The molecule has 0 radical (unpaired) electrons. The Morgan fingerprint density at radius 3 is 2.65 bits per heavy atom. The Balaban J connectivity index is 1.62. The van der Waals surface area contributed by atoms with Gasteiger partial charge in [-0.25, -0.2) is 4.79 Å². The average molecular weight is 316 g/mol.